The smallest absolute Gasteiger partial charge is 0.181 e. The van der Waals surface area contributed by atoms with E-state index >= 15 is 0 Å². The van der Waals surface area contributed by atoms with E-state index in [9.17, 15) is 8.42 Å². The Kier molecular flexibility index (Phi) is 3.54. The number of aryl methyl sites for hydroxylation is 1. The Hall–Kier alpha value is -0.870. The van der Waals surface area contributed by atoms with E-state index in [4.69, 9.17) is 5.73 Å². The van der Waals surface area contributed by atoms with Gasteiger partial charge in [-0.1, -0.05) is 18.2 Å². The van der Waals surface area contributed by atoms with Crippen LogP contribution in [0.5, 0.6) is 0 Å². The number of hydrogen-bond donors (Lipinski definition) is 1. The van der Waals surface area contributed by atoms with Crippen molar-refractivity contribution in [3.05, 3.63) is 29.8 Å². The second kappa shape index (κ2) is 4.78. The van der Waals surface area contributed by atoms with Crippen molar-refractivity contribution in [2.24, 2.45) is 5.73 Å². The molecule has 0 bridgehead atoms. The summed E-state index contributed by atoms with van der Waals surface area (Å²) in [4.78, 5) is 0.487. The van der Waals surface area contributed by atoms with E-state index in [-0.39, 0.29) is 11.3 Å². The van der Waals surface area contributed by atoms with Gasteiger partial charge in [-0.25, -0.2) is 8.42 Å². The van der Waals surface area contributed by atoms with Crippen molar-refractivity contribution in [1.82, 2.24) is 0 Å². The summed E-state index contributed by atoms with van der Waals surface area (Å²) < 4.78 is 24.9. The van der Waals surface area contributed by atoms with Gasteiger partial charge in [0.15, 0.2) is 9.84 Å². The molecule has 1 aromatic carbocycles. The highest BCUT2D eigenvalue weighted by atomic mass is 32.2. The van der Waals surface area contributed by atoms with Crippen LogP contribution in [0, 0.1) is 6.92 Å². The molecule has 1 aliphatic carbocycles. The maximum atomic E-state index is 12.5. The highest BCUT2D eigenvalue weighted by molar-refractivity contribution is 7.92. The Morgan fingerprint density at radius 1 is 1.12 bits per heavy atom. The van der Waals surface area contributed by atoms with Crippen molar-refractivity contribution in [1.29, 1.82) is 0 Å². The quantitative estimate of drug-likeness (QED) is 0.877. The molecule has 0 atom stereocenters. The van der Waals surface area contributed by atoms with Crippen molar-refractivity contribution < 1.29 is 8.42 Å². The van der Waals surface area contributed by atoms with Crippen LogP contribution in [-0.4, -0.2) is 19.7 Å². The van der Waals surface area contributed by atoms with Crippen LogP contribution >= 0.6 is 0 Å². The first-order chi connectivity index (χ1) is 8.01. The Balaban J connectivity index is 2.28. The topological polar surface area (TPSA) is 60.2 Å². The second-order valence-corrected chi connectivity index (χ2v) is 7.04. The van der Waals surface area contributed by atoms with Gasteiger partial charge in [0.1, 0.15) is 0 Å². The molecule has 17 heavy (non-hydrogen) atoms. The SMILES string of the molecule is Cc1ccccc1S(=O)(=O)C1CCC(N)CC1. The number of hydrogen-bond acceptors (Lipinski definition) is 3. The molecule has 0 saturated heterocycles. The van der Waals surface area contributed by atoms with Crippen LogP contribution in [0.4, 0.5) is 0 Å². The van der Waals surface area contributed by atoms with E-state index in [1.54, 1.807) is 12.1 Å². The first-order valence-electron chi connectivity index (χ1n) is 6.07. The maximum absolute atomic E-state index is 12.5. The Morgan fingerprint density at radius 2 is 1.71 bits per heavy atom. The van der Waals surface area contributed by atoms with Gasteiger partial charge in [-0.05, 0) is 44.2 Å². The zero-order valence-electron chi connectivity index (χ0n) is 10.1. The zero-order valence-corrected chi connectivity index (χ0v) is 10.9. The lowest BCUT2D eigenvalue weighted by atomic mass is 9.96. The molecular formula is C13H19NO2S. The summed E-state index contributed by atoms with van der Waals surface area (Å²) in [7, 11) is -3.17. The summed E-state index contributed by atoms with van der Waals surface area (Å²) in [6, 6.07) is 7.39. The van der Waals surface area contributed by atoms with E-state index in [0.717, 1.165) is 18.4 Å². The molecule has 0 aliphatic heterocycles. The van der Waals surface area contributed by atoms with Crippen LogP contribution in [0.2, 0.25) is 0 Å². The van der Waals surface area contributed by atoms with Crippen LogP contribution in [0.3, 0.4) is 0 Å². The van der Waals surface area contributed by atoms with Crippen molar-refractivity contribution in [2.75, 3.05) is 0 Å². The molecule has 94 valence electrons. The standard InChI is InChI=1S/C13H19NO2S/c1-10-4-2-3-5-13(10)17(15,16)12-8-6-11(14)7-9-12/h2-5,11-12H,6-9,14H2,1H3. The molecule has 1 saturated carbocycles. The molecule has 0 aromatic heterocycles. The van der Waals surface area contributed by atoms with Gasteiger partial charge in [-0.15, -0.1) is 0 Å². The van der Waals surface area contributed by atoms with Crippen LogP contribution in [0.25, 0.3) is 0 Å². The summed E-state index contributed by atoms with van der Waals surface area (Å²) in [5.41, 5.74) is 6.65. The average molecular weight is 253 g/mol. The molecule has 4 heteroatoms. The average Bonchev–Trinajstić information content (AvgIpc) is 2.30. The van der Waals surface area contributed by atoms with Crippen molar-refractivity contribution in [3.8, 4) is 0 Å². The second-order valence-electron chi connectivity index (χ2n) is 4.85. The number of sulfone groups is 1. The summed E-state index contributed by atoms with van der Waals surface area (Å²) in [5, 5.41) is -0.247. The molecule has 0 radical (unpaired) electrons. The summed E-state index contributed by atoms with van der Waals surface area (Å²) in [5.74, 6) is 0. The highest BCUT2D eigenvalue weighted by Gasteiger charge is 2.31. The van der Waals surface area contributed by atoms with Crippen LogP contribution < -0.4 is 5.73 Å². The van der Waals surface area contributed by atoms with E-state index in [0.29, 0.717) is 17.7 Å². The van der Waals surface area contributed by atoms with Crippen LogP contribution in [0.15, 0.2) is 29.2 Å². The molecule has 3 nitrogen and oxygen atoms in total. The minimum atomic E-state index is -3.17. The lowest BCUT2D eigenvalue weighted by Crippen LogP contribution is -2.33. The van der Waals surface area contributed by atoms with Gasteiger partial charge in [0.25, 0.3) is 0 Å². The van der Waals surface area contributed by atoms with Crippen molar-refractivity contribution >= 4 is 9.84 Å². The Morgan fingerprint density at radius 3 is 2.29 bits per heavy atom. The lowest BCUT2D eigenvalue weighted by Gasteiger charge is -2.26. The molecule has 2 N–H and O–H groups in total. The fourth-order valence-electron chi connectivity index (χ4n) is 2.45. The van der Waals surface area contributed by atoms with Crippen molar-refractivity contribution in [3.63, 3.8) is 0 Å². The number of rotatable bonds is 2. The lowest BCUT2D eigenvalue weighted by molar-refractivity contribution is 0.433. The molecule has 1 aliphatic rings. The predicted octanol–water partition coefficient (Wildman–Crippen LogP) is 2.04. The minimum Gasteiger partial charge on any atom is -0.328 e. The van der Waals surface area contributed by atoms with Gasteiger partial charge in [-0.2, -0.15) is 0 Å². The third-order valence-corrected chi connectivity index (χ3v) is 5.98. The number of nitrogens with two attached hydrogens (primary N) is 1. The molecule has 0 heterocycles. The van der Waals surface area contributed by atoms with Crippen LogP contribution in [0.1, 0.15) is 31.2 Å². The molecule has 1 fully saturated rings. The predicted molar refractivity (Wildman–Crippen MR) is 68.6 cm³/mol. The molecule has 0 spiro atoms. The maximum Gasteiger partial charge on any atom is 0.181 e. The van der Waals surface area contributed by atoms with E-state index in [1.165, 1.54) is 0 Å². The van der Waals surface area contributed by atoms with E-state index in [1.807, 2.05) is 19.1 Å². The van der Waals surface area contributed by atoms with Gasteiger partial charge < -0.3 is 5.73 Å². The zero-order chi connectivity index (χ0) is 12.5. The van der Waals surface area contributed by atoms with Gasteiger partial charge in [0, 0.05) is 6.04 Å². The fraction of sp³-hybridized carbons (Fsp3) is 0.538. The van der Waals surface area contributed by atoms with Gasteiger partial charge in [0.05, 0.1) is 10.1 Å². The first kappa shape index (κ1) is 12.6. The third-order valence-electron chi connectivity index (χ3n) is 3.56. The third kappa shape index (κ3) is 2.53. The monoisotopic (exact) mass is 253 g/mol. The van der Waals surface area contributed by atoms with Gasteiger partial charge in [0.2, 0.25) is 0 Å². The van der Waals surface area contributed by atoms with Crippen molar-refractivity contribution in [2.45, 2.75) is 48.8 Å². The van der Waals surface area contributed by atoms with Gasteiger partial charge in [-0.3, -0.25) is 0 Å². The molecule has 1 aromatic rings. The van der Waals surface area contributed by atoms with Crippen LogP contribution in [-0.2, 0) is 9.84 Å². The summed E-state index contributed by atoms with van der Waals surface area (Å²) >= 11 is 0. The number of benzene rings is 1. The summed E-state index contributed by atoms with van der Waals surface area (Å²) in [6.07, 6.45) is 3.02. The highest BCUT2D eigenvalue weighted by Crippen LogP contribution is 2.29. The molecule has 0 unspecified atom stereocenters. The Bertz CT molecular complexity index is 488. The molecular weight excluding hydrogens is 234 g/mol. The fourth-order valence-corrected chi connectivity index (χ4v) is 4.49. The molecule has 2 rings (SSSR count). The van der Waals surface area contributed by atoms with Gasteiger partial charge >= 0.3 is 0 Å². The first-order valence-corrected chi connectivity index (χ1v) is 7.61. The largest absolute Gasteiger partial charge is 0.328 e. The minimum absolute atomic E-state index is 0.179. The van der Waals surface area contributed by atoms with E-state index in [2.05, 4.69) is 0 Å². The summed E-state index contributed by atoms with van der Waals surface area (Å²) in [6.45, 7) is 1.85. The molecule has 0 amide bonds. The Labute approximate surface area is 103 Å². The normalized spacial score (nSPS) is 25.8. The van der Waals surface area contributed by atoms with E-state index < -0.39 is 9.84 Å².